The van der Waals surface area contributed by atoms with Crippen LogP contribution in [0.3, 0.4) is 0 Å². The number of nitrogens with zero attached hydrogens (tertiary/aromatic N) is 4. The van der Waals surface area contributed by atoms with Crippen LogP contribution < -0.4 is 4.90 Å². The first kappa shape index (κ1) is 8.18. The van der Waals surface area contributed by atoms with Crippen molar-refractivity contribution < 1.29 is 23.6 Å². The summed E-state index contributed by atoms with van der Waals surface area (Å²) in [6, 6.07) is -3.60. The first-order valence-electron chi connectivity index (χ1n) is 12.2. The van der Waals surface area contributed by atoms with E-state index in [1.807, 2.05) is 0 Å². The summed E-state index contributed by atoms with van der Waals surface area (Å²) >= 11 is 0. The molecule has 0 aromatic carbocycles. The number of carboxylic acid groups (broad SMARTS) is 1. The largest absolute Gasteiger partial charge is 0.465 e. The van der Waals surface area contributed by atoms with Gasteiger partial charge in [-0.2, -0.15) is 0 Å². The van der Waals surface area contributed by atoms with Crippen LogP contribution in [0.4, 0.5) is 10.6 Å². The van der Waals surface area contributed by atoms with Gasteiger partial charge >= 0.3 is 6.09 Å². The molecule has 0 atom stereocenters. The van der Waals surface area contributed by atoms with Gasteiger partial charge in [0.25, 0.3) is 0 Å². The molecule has 2 aromatic rings. The topological polar surface area (TPSA) is 85.4 Å². The van der Waals surface area contributed by atoms with E-state index in [9.17, 15) is 9.90 Å². The van der Waals surface area contributed by atoms with Crippen molar-refractivity contribution in [2.75, 3.05) is 17.9 Å². The van der Waals surface area contributed by atoms with E-state index in [-0.39, 0.29) is 20.8 Å². The fraction of sp³-hybridized carbons (Fsp3) is 0.588. The molecular weight excluding hydrogens is 306 g/mol. The Labute approximate surface area is 155 Å². The van der Waals surface area contributed by atoms with Crippen LogP contribution in [0.5, 0.6) is 0 Å². The number of aromatic amines is 1. The highest BCUT2D eigenvalue weighted by Gasteiger charge is 2.35. The number of H-pyrrole nitrogens is 1. The van der Waals surface area contributed by atoms with Crippen LogP contribution in [0.25, 0.3) is 11.0 Å². The first-order valence-corrected chi connectivity index (χ1v) is 7.24. The van der Waals surface area contributed by atoms with Crippen LogP contribution in [0.15, 0.2) is 12.5 Å². The zero-order chi connectivity index (χ0) is 26.4. The van der Waals surface area contributed by atoms with Gasteiger partial charge < -0.3 is 19.9 Å². The van der Waals surface area contributed by atoms with Crippen molar-refractivity contribution in [2.45, 2.75) is 52.0 Å². The molecule has 7 nitrogen and oxygen atoms in total. The number of carbonyl (C=O) groups is 1. The highest BCUT2D eigenvalue weighted by atomic mass is 16.4. The second-order valence-electron chi connectivity index (χ2n) is 6.29. The molecule has 1 aliphatic rings. The third-order valence-electron chi connectivity index (χ3n) is 3.47. The van der Waals surface area contributed by atoms with Crippen molar-refractivity contribution in [2.24, 2.45) is 0 Å². The van der Waals surface area contributed by atoms with E-state index in [1.54, 1.807) is 6.92 Å². The Morgan fingerprint density at radius 2 is 2.17 bits per heavy atom. The predicted molar refractivity (Wildman–Crippen MR) is 93.5 cm³/mol. The maximum absolute atomic E-state index is 12.2. The van der Waals surface area contributed by atoms with Crippen molar-refractivity contribution >= 4 is 22.9 Å². The number of piperidine rings is 1. The maximum atomic E-state index is 12.2. The van der Waals surface area contributed by atoms with E-state index < -0.39 is 55.5 Å². The van der Waals surface area contributed by atoms with Crippen molar-refractivity contribution in [3.05, 3.63) is 18.1 Å². The summed E-state index contributed by atoms with van der Waals surface area (Å²) in [5.74, 6) is -0.601. The quantitative estimate of drug-likeness (QED) is 0.877. The summed E-state index contributed by atoms with van der Waals surface area (Å²) in [7, 11) is 0. The third kappa shape index (κ3) is 2.90. The van der Waals surface area contributed by atoms with Crippen molar-refractivity contribution in [1.29, 1.82) is 0 Å². The van der Waals surface area contributed by atoms with Crippen LogP contribution in [-0.4, -0.2) is 55.6 Å². The minimum absolute atomic E-state index is 0.0183. The lowest BCUT2D eigenvalue weighted by Gasteiger charge is -2.43. The van der Waals surface area contributed by atoms with Crippen LogP contribution in [0.2, 0.25) is 0 Å². The first-order chi connectivity index (χ1) is 15.1. The van der Waals surface area contributed by atoms with Gasteiger partial charge in [0.1, 0.15) is 19.1 Å². The second kappa shape index (κ2) is 5.96. The second-order valence-corrected chi connectivity index (χ2v) is 6.29. The van der Waals surface area contributed by atoms with Gasteiger partial charge in [-0.1, -0.05) is 0 Å². The van der Waals surface area contributed by atoms with E-state index in [0.29, 0.717) is 5.56 Å². The van der Waals surface area contributed by atoms with E-state index in [2.05, 4.69) is 15.0 Å². The normalized spacial score (nSPS) is 32.4. The van der Waals surface area contributed by atoms with Crippen LogP contribution in [0.1, 0.15) is 52.8 Å². The average Bonchev–Trinajstić information content (AvgIpc) is 2.98. The van der Waals surface area contributed by atoms with Gasteiger partial charge in [0.05, 0.1) is 6.76 Å². The summed E-state index contributed by atoms with van der Waals surface area (Å²) in [6.45, 7) is -1.70. The molecule has 0 unspecified atom stereocenters. The van der Waals surface area contributed by atoms with Gasteiger partial charge in [-0.25, -0.2) is 14.8 Å². The van der Waals surface area contributed by atoms with Gasteiger partial charge in [0.2, 0.25) is 0 Å². The average molecular weight is 341 g/mol. The molecular formula is C17H25N5O2. The Kier molecular flexibility index (Phi) is 2.03. The summed E-state index contributed by atoms with van der Waals surface area (Å²) in [5, 5.41) is 9.89. The predicted octanol–water partition coefficient (Wildman–Crippen LogP) is 3.01. The number of amides is 1. The van der Waals surface area contributed by atoms with Crippen LogP contribution >= 0.6 is 0 Å². The Balaban J connectivity index is 2.47. The van der Waals surface area contributed by atoms with E-state index >= 15 is 0 Å². The molecule has 24 heavy (non-hydrogen) atoms. The summed E-state index contributed by atoms with van der Waals surface area (Å²) < 4.78 is 85.9. The van der Waals surface area contributed by atoms with Crippen LogP contribution in [-0.2, 0) is 0 Å². The van der Waals surface area contributed by atoms with Gasteiger partial charge in [-0.3, -0.25) is 0 Å². The third-order valence-corrected chi connectivity index (χ3v) is 3.47. The minimum Gasteiger partial charge on any atom is -0.465 e. The standard InChI is InChI=1S/C17H25N5O2/c1-11-9-18-14-13(11)15(20-10-19-14)21-7-5-12(6-8-21)22(16(23)24)17(2,3)4/h9-10,12H,5-8H2,1-4H3,(H,23,24)(H,18,19,20)/i5D2,6D2,7D2,8D2,10D,12D. The zero-order valence-electron chi connectivity index (χ0n) is 23.7. The molecule has 1 saturated heterocycles. The van der Waals surface area contributed by atoms with E-state index in [4.69, 9.17) is 13.7 Å². The Morgan fingerprint density at radius 1 is 1.50 bits per heavy atom. The van der Waals surface area contributed by atoms with Crippen LogP contribution in [0, 0.1) is 6.92 Å². The summed E-state index contributed by atoms with van der Waals surface area (Å²) in [4.78, 5) is 22.8. The Hall–Kier alpha value is -2.31. The molecule has 3 rings (SSSR count). The number of aromatic nitrogens is 3. The fourth-order valence-electron chi connectivity index (χ4n) is 2.43. The molecule has 7 heteroatoms. The lowest BCUT2D eigenvalue weighted by atomic mass is 9.97. The van der Waals surface area contributed by atoms with Gasteiger partial charge in [-0.15, -0.1) is 0 Å². The summed E-state index contributed by atoms with van der Waals surface area (Å²) in [5.41, 5.74) is -1.21. The molecule has 0 bridgehead atoms. The molecule has 1 fully saturated rings. The van der Waals surface area contributed by atoms with Crippen molar-refractivity contribution in [3.8, 4) is 0 Å². The van der Waals surface area contributed by atoms with Gasteiger partial charge in [-0.05, 0) is 46.0 Å². The molecule has 2 N–H and O–H groups in total. The highest BCUT2D eigenvalue weighted by molar-refractivity contribution is 5.90. The molecule has 3 heterocycles. The fourth-order valence-corrected chi connectivity index (χ4v) is 2.43. The van der Waals surface area contributed by atoms with Crippen molar-refractivity contribution in [3.63, 3.8) is 0 Å². The number of rotatable bonds is 2. The molecule has 1 amide bonds. The summed E-state index contributed by atoms with van der Waals surface area (Å²) in [6.07, 6.45) is -8.48. The lowest BCUT2D eigenvalue weighted by molar-refractivity contribution is 0.0616. The molecule has 1 aliphatic heterocycles. The molecule has 0 aliphatic carbocycles. The van der Waals surface area contributed by atoms with Gasteiger partial charge in [0.15, 0.2) is 0 Å². The minimum atomic E-state index is -3.66. The molecule has 0 radical (unpaired) electrons. The molecule has 0 spiro atoms. The number of anilines is 1. The van der Waals surface area contributed by atoms with Gasteiger partial charge in [0, 0.05) is 41.7 Å². The number of fused-ring (bicyclic) bond motifs is 1. The lowest BCUT2D eigenvalue weighted by Crippen LogP contribution is -2.54. The van der Waals surface area contributed by atoms with E-state index in [0.717, 1.165) is 0 Å². The SMILES string of the molecule is [2H]c1nc(N2C([2H])([2H])C([2H])([2H])C([2H])(N(C(=O)O)C(C)(C)C)C([2H])([2H])C2([2H])[2H])c2c(C)c[nH]c2n1. The molecule has 0 saturated carbocycles. The highest BCUT2D eigenvalue weighted by Crippen LogP contribution is 2.30. The number of nitrogens with one attached hydrogen (secondary N) is 1. The number of aryl methyl sites for hydroxylation is 1. The Morgan fingerprint density at radius 3 is 2.75 bits per heavy atom. The smallest absolute Gasteiger partial charge is 0.407 e. The molecule has 2 aromatic heterocycles. The monoisotopic (exact) mass is 341 g/mol. The van der Waals surface area contributed by atoms with Crippen molar-refractivity contribution in [1.82, 2.24) is 19.9 Å². The number of hydrogen-bond acceptors (Lipinski definition) is 4. The Bertz CT molecular complexity index is 1130. The molecule has 130 valence electrons. The van der Waals surface area contributed by atoms with E-state index in [1.165, 1.54) is 27.0 Å². The zero-order valence-corrected chi connectivity index (χ0v) is 13.7. The maximum Gasteiger partial charge on any atom is 0.407 e. The number of hydrogen-bond donors (Lipinski definition) is 2.